The number of hydrogen-bond donors (Lipinski definition) is 1. The van der Waals surface area contributed by atoms with Gasteiger partial charge in [0.25, 0.3) is 0 Å². The fourth-order valence-corrected chi connectivity index (χ4v) is 2.69. The molecule has 0 saturated heterocycles. The molecule has 1 aliphatic heterocycles. The summed E-state index contributed by atoms with van der Waals surface area (Å²) in [4.78, 5) is 0. The van der Waals surface area contributed by atoms with Gasteiger partial charge in [-0.15, -0.1) is 0 Å². The van der Waals surface area contributed by atoms with Gasteiger partial charge in [-0.2, -0.15) is 0 Å². The monoisotopic (exact) mass is 247 g/mol. The summed E-state index contributed by atoms with van der Waals surface area (Å²) >= 11 is 0. The summed E-state index contributed by atoms with van der Waals surface area (Å²) in [6.07, 6.45) is 3.74. The minimum atomic E-state index is 0.336. The van der Waals surface area contributed by atoms with Crippen molar-refractivity contribution >= 4 is 0 Å². The lowest BCUT2D eigenvalue weighted by molar-refractivity contribution is 0.140. The van der Waals surface area contributed by atoms with E-state index in [1.54, 1.807) is 0 Å². The summed E-state index contributed by atoms with van der Waals surface area (Å²) in [5, 5.41) is 3.48. The van der Waals surface area contributed by atoms with E-state index in [4.69, 9.17) is 4.74 Å². The Morgan fingerprint density at radius 3 is 2.78 bits per heavy atom. The van der Waals surface area contributed by atoms with Gasteiger partial charge < -0.3 is 10.1 Å². The number of rotatable bonds is 6. The highest BCUT2D eigenvalue weighted by molar-refractivity contribution is 5.37. The Kier molecular flexibility index (Phi) is 4.28. The van der Waals surface area contributed by atoms with Crippen LogP contribution in [0.5, 0.6) is 5.75 Å². The molecule has 0 spiro atoms. The lowest BCUT2D eigenvalue weighted by Gasteiger charge is -2.31. The average molecular weight is 247 g/mol. The highest BCUT2D eigenvalue weighted by atomic mass is 16.5. The molecule has 2 unspecified atom stereocenters. The predicted molar refractivity (Wildman–Crippen MR) is 76.1 cm³/mol. The fourth-order valence-electron chi connectivity index (χ4n) is 2.69. The molecule has 0 radical (unpaired) electrons. The second-order valence-electron chi connectivity index (χ2n) is 5.70. The van der Waals surface area contributed by atoms with Crippen LogP contribution in [-0.4, -0.2) is 19.2 Å². The molecule has 0 aliphatic carbocycles. The standard InChI is InChI=1S/C16H25NO/c1-4-16(3,12-17-5-2)11-14-10-13-8-6-7-9-15(13)18-14/h6-9,14,17H,4-5,10-12H2,1-3H3. The molecule has 2 atom stereocenters. The third-order valence-corrected chi connectivity index (χ3v) is 4.09. The van der Waals surface area contributed by atoms with Crippen molar-refractivity contribution in [1.29, 1.82) is 0 Å². The van der Waals surface area contributed by atoms with Gasteiger partial charge >= 0.3 is 0 Å². The Morgan fingerprint density at radius 2 is 2.11 bits per heavy atom. The molecule has 1 aliphatic rings. The maximum Gasteiger partial charge on any atom is 0.123 e. The van der Waals surface area contributed by atoms with Crippen molar-refractivity contribution in [2.75, 3.05) is 13.1 Å². The Hall–Kier alpha value is -1.02. The minimum absolute atomic E-state index is 0.336. The van der Waals surface area contributed by atoms with Crippen molar-refractivity contribution in [3.05, 3.63) is 29.8 Å². The Labute approximate surface area is 111 Å². The molecular weight excluding hydrogens is 222 g/mol. The molecule has 1 heterocycles. The predicted octanol–water partition coefficient (Wildman–Crippen LogP) is 3.41. The van der Waals surface area contributed by atoms with Crippen LogP contribution in [0.1, 0.15) is 39.2 Å². The van der Waals surface area contributed by atoms with Crippen LogP contribution in [0.15, 0.2) is 24.3 Å². The number of hydrogen-bond acceptors (Lipinski definition) is 2. The van der Waals surface area contributed by atoms with Gasteiger partial charge in [0.05, 0.1) is 0 Å². The van der Waals surface area contributed by atoms with E-state index >= 15 is 0 Å². The van der Waals surface area contributed by atoms with Crippen molar-refractivity contribution in [2.24, 2.45) is 5.41 Å². The molecular formula is C16H25NO. The zero-order valence-corrected chi connectivity index (χ0v) is 11.8. The molecule has 0 aromatic heterocycles. The van der Waals surface area contributed by atoms with E-state index < -0.39 is 0 Å². The maximum atomic E-state index is 6.06. The lowest BCUT2D eigenvalue weighted by atomic mass is 9.81. The van der Waals surface area contributed by atoms with E-state index in [0.717, 1.165) is 31.7 Å². The Balaban J connectivity index is 1.95. The number of fused-ring (bicyclic) bond motifs is 1. The topological polar surface area (TPSA) is 21.3 Å². The quantitative estimate of drug-likeness (QED) is 0.832. The molecule has 0 bridgehead atoms. The first-order valence-corrected chi connectivity index (χ1v) is 7.12. The molecule has 2 heteroatoms. The first-order chi connectivity index (χ1) is 8.67. The van der Waals surface area contributed by atoms with Crippen LogP contribution >= 0.6 is 0 Å². The molecule has 100 valence electrons. The van der Waals surface area contributed by atoms with Crippen LogP contribution in [-0.2, 0) is 6.42 Å². The summed E-state index contributed by atoms with van der Waals surface area (Å²) < 4.78 is 6.06. The first kappa shape index (κ1) is 13.4. The SMILES string of the molecule is CCNCC(C)(CC)CC1Cc2ccccc2O1. The summed E-state index contributed by atoms with van der Waals surface area (Å²) in [5.41, 5.74) is 1.70. The zero-order valence-electron chi connectivity index (χ0n) is 11.8. The highest BCUT2D eigenvalue weighted by Gasteiger charge is 2.31. The summed E-state index contributed by atoms with van der Waals surface area (Å²) in [7, 11) is 0. The molecule has 0 fully saturated rings. The van der Waals surface area contributed by atoms with Crippen molar-refractivity contribution in [2.45, 2.75) is 46.1 Å². The van der Waals surface area contributed by atoms with Crippen LogP contribution in [0, 0.1) is 5.41 Å². The normalized spacial score (nSPS) is 21.2. The van der Waals surface area contributed by atoms with E-state index in [1.807, 2.05) is 0 Å². The third kappa shape index (κ3) is 3.05. The van der Waals surface area contributed by atoms with E-state index in [-0.39, 0.29) is 0 Å². The molecule has 1 aromatic rings. The molecule has 18 heavy (non-hydrogen) atoms. The van der Waals surface area contributed by atoms with Gasteiger partial charge in [0.1, 0.15) is 11.9 Å². The van der Waals surface area contributed by atoms with Crippen molar-refractivity contribution in [3.63, 3.8) is 0 Å². The molecule has 0 amide bonds. The maximum absolute atomic E-state index is 6.06. The molecule has 0 saturated carbocycles. The van der Waals surface area contributed by atoms with Crippen LogP contribution in [0.25, 0.3) is 0 Å². The summed E-state index contributed by atoms with van der Waals surface area (Å²) in [6.45, 7) is 8.93. The number of ether oxygens (including phenoxy) is 1. The second kappa shape index (κ2) is 5.75. The Morgan fingerprint density at radius 1 is 1.33 bits per heavy atom. The van der Waals surface area contributed by atoms with Gasteiger partial charge in [-0.1, -0.05) is 39.0 Å². The molecule has 1 aromatic carbocycles. The van der Waals surface area contributed by atoms with Gasteiger partial charge in [0.15, 0.2) is 0 Å². The van der Waals surface area contributed by atoms with E-state index in [1.165, 1.54) is 12.0 Å². The van der Waals surface area contributed by atoms with Gasteiger partial charge in [-0.05, 0) is 36.4 Å². The fraction of sp³-hybridized carbons (Fsp3) is 0.625. The van der Waals surface area contributed by atoms with Gasteiger partial charge in [-0.25, -0.2) is 0 Å². The lowest BCUT2D eigenvalue weighted by Crippen LogP contribution is -2.35. The van der Waals surface area contributed by atoms with E-state index in [2.05, 4.69) is 50.4 Å². The highest BCUT2D eigenvalue weighted by Crippen LogP contribution is 2.35. The average Bonchev–Trinajstić information content (AvgIpc) is 2.78. The number of para-hydroxylation sites is 1. The number of benzene rings is 1. The molecule has 2 rings (SSSR count). The largest absolute Gasteiger partial charge is 0.490 e. The Bertz CT molecular complexity index is 365. The van der Waals surface area contributed by atoms with Gasteiger partial charge in [0, 0.05) is 13.0 Å². The smallest absolute Gasteiger partial charge is 0.123 e. The van der Waals surface area contributed by atoms with Gasteiger partial charge in [0.2, 0.25) is 0 Å². The van der Waals surface area contributed by atoms with Crippen LogP contribution in [0.3, 0.4) is 0 Å². The van der Waals surface area contributed by atoms with E-state index in [9.17, 15) is 0 Å². The van der Waals surface area contributed by atoms with Gasteiger partial charge in [-0.3, -0.25) is 0 Å². The third-order valence-electron chi connectivity index (χ3n) is 4.09. The molecule has 1 N–H and O–H groups in total. The molecule has 2 nitrogen and oxygen atoms in total. The second-order valence-corrected chi connectivity index (χ2v) is 5.70. The van der Waals surface area contributed by atoms with Crippen molar-refractivity contribution in [1.82, 2.24) is 5.32 Å². The van der Waals surface area contributed by atoms with E-state index in [0.29, 0.717) is 11.5 Å². The summed E-state index contributed by atoms with van der Waals surface area (Å²) in [5.74, 6) is 1.09. The summed E-state index contributed by atoms with van der Waals surface area (Å²) in [6, 6.07) is 8.42. The first-order valence-electron chi connectivity index (χ1n) is 7.12. The van der Waals surface area contributed by atoms with Crippen LogP contribution < -0.4 is 10.1 Å². The minimum Gasteiger partial charge on any atom is -0.490 e. The zero-order chi connectivity index (χ0) is 13.0. The van der Waals surface area contributed by atoms with Crippen molar-refractivity contribution in [3.8, 4) is 5.75 Å². The van der Waals surface area contributed by atoms with Crippen LogP contribution in [0.4, 0.5) is 0 Å². The number of nitrogens with one attached hydrogen (secondary N) is 1. The van der Waals surface area contributed by atoms with Crippen molar-refractivity contribution < 1.29 is 4.74 Å². The van der Waals surface area contributed by atoms with Crippen LogP contribution in [0.2, 0.25) is 0 Å².